The molecule has 3 aromatic carbocycles. The quantitative estimate of drug-likeness (QED) is 0.638. The van der Waals surface area contributed by atoms with Gasteiger partial charge in [0.25, 0.3) is 0 Å². The van der Waals surface area contributed by atoms with E-state index in [4.69, 9.17) is 0 Å². The Morgan fingerprint density at radius 3 is 1.78 bits per heavy atom. The Bertz CT molecular complexity index is 1090. The summed E-state index contributed by atoms with van der Waals surface area (Å²) >= 11 is 0. The highest BCUT2D eigenvalue weighted by Crippen LogP contribution is 2.46. The molecule has 1 aliphatic carbocycles. The van der Waals surface area contributed by atoms with Gasteiger partial charge in [-0.2, -0.15) is 4.31 Å². The van der Waals surface area contributed by atoms with Crippen molar-refractivity contribution in [2.75, 3.05) is 7.05 Å². The van der Waals surface area contributed by atoms with Crippen molar-refractivity contribution in [1.29, 1.82) is 0 Å². The molecule has 0 atom stereocenters. The number of hydrogen-bond donors (Lipinski definition) is 0. The Kier molecular flexibility index (Phi) is 4.21. The largest absolute Gasteiger partial charge is 0.295 e. The van der Waals surface area contributed by atoms with Crippen molar-refractivity contribution in [3.8, 4) is 11.1 Å². The van der Waals surface area contributed by atoms with Crippen LogP contribution in [0.3, 0.4) is 0 Å². The zero-order valence-corrected chi connectivity index (χ0v) is 15.9. The van der Waals surface area contributed by atoms with Crippen LogP contribution >= 0.6 is 0 Å². The molecule has 27 heavy (non-hydrogen) atoms. The van der Waals surface area contributed by atoms with E-state index in [9.17, 15) is 13.2 Å². The van der Waals surface area contributed by atoms with Gasteiger partial charge in [-0.05, 0) is 41.3 Å². The Morgan fingerprint density at radius 1 is 0.815 bits per heavy atom. The number of benzene rings is 3. The summed E-state index contributed by atoms with van der Waals surface area (Å²) in [4.78, 5) is 11.6. The van der Waals surface area contributed by atoms with Crippen LogP contribution in [0.25, 0.3) is 11.1 Å². The van der Waals surface area contributed by atoms with Crippen molar-refractivity contribution >= 4 is 15.8 Å². The van der Waals surface area contributed by atoms with Gasteiger partial charge in [-0.25, -0.2) is 8.42 Å². The molecule has 1 aliphatic rings. The van der Waals surface area contributed by atoms with Crippen LogP contribution in [0, 0.1) is 0 Å². The molecule has 4 rings (SSSR count). The molecule has 0 N–H and O–H groups in total. The fourth-order valence-corrected chi connectivity index (χ4v) is 5.00. The molecule has 0 spiro atoms. The maximum absolute atomic E-state index is 13.3. The van der Waals surface area contributed by atoms with Gasteiger partial charge in [-0.3, -0.25) is 4.79 Å². The Morgan fingerprint density at radius 2 is 1.30 bits per heavy atom. The minimum Gasteiger partial charge on any atom is -0.295 e. The highest BCUT2D eigenvalue weighted by Gasteiger charge is 2.36. The number of carbonyl (C=O) groups is 1. The lowest BCUT2D eigenvalue weighted by Crippen LogP contribution is -2.31. The lowest BCUT2D eigenvalue weighted by Gasteiger charge is -2.26. The van der Waals surface area contributed by atoms with Crippen molar-refractivity contribution in [2.24, 2.45) is 0 Å². The number of fused-ring (bicyclic) bond motifs is 3. The molecule has 0 bridgehead atoms. The molecule has 0 heterocycles. The topological polar surface area (TPSA) is 54.5 Å². The molecule has 0 aliphatic heterocycles. The number of carbonyl (C=O) groups excluding carboxylic acids is 1. The van der Waals surface area contributed by atoms with Crippen LogP contribution in [-0.2, 0) is 10.0 Å². The smallest absolute Gasteiger partial charge is 0.243 e. The third kappa shape index (κ3) is 2.80. The first kappa shape index (κ1) is 17.6. The first-order valence-electron chi connectivity index (χ1n) is 8.68. The minimum absolute atomic E-state index is 0.0917. The maximum Gasteiger partial charge on any atom is 0.243 e. The van der Waals surface area contributed by atoms with Crippen LogP contribution in [-0.4, -0.2) is 25.6 Å². The molecule has 0 radical (unpaired) electrons. The Hall–Kier alpha value is -2.76. The number of nitrogens with zero attached hydrogens (tertiary/aromatic N) is 1. The lowest BCUT2D eigenvalue weighted by molar-refractivity contribution is 0.101. The van der Waals surface area contributed by atoms with Crippen molar-refractivity contribution < 1.29 is 13.2 Å². The fourth-order valence-electron chi connectivity index (χ4n) is 3.69. The molecule has 5 heteroatoms. The first-order chi connectivity index (χ1) is 12.9. The van der Waals surface area contributed by atoms with E-state index in [1.807, 2.05) is 48.5 Å². The average molecular weight is 377 g/mol. The van der Waals surface area contributed by atoms with Gasteiger partial charge in [0.1, 0.15) is 0 Å². The molecule has 4 nitrogen and oxygen atoms in total. The van der Waals surface area contributed by atoms with E-state index in [1.54, 1.807) is 19.2 Å². The molecule has 0 amide bonds. The molecular formula is C22H19NO3S. The Balaban J connectivity index is 1.80. The van der Waals surface area contributed by atoms with Crippen LogP contribution in [0.1, 0.15) is 34.5 Å². The summed E-state index contributed by atoms with van der Waals surface area (Å²) in [6, 6.07) is 21.5. The van der Waals surface area contributed by atoms with E-state index in [0.717, 1.165) is 22.3 Å². The van der Waals surface area contributed by atoms with Crippen LogP contribution in [0.2, 0.25) is 0 Å². The van der Waals surface area contributed by atoms with Crippen molar-refractivity contribution in [1.82, 2.24) is 4.31 Å². The highest BCUT2D eigenvalue weighted by molar-refractivity contribution is 7.89. The second-order valence-corrected chi connectivity index (χ2v) is 8.68. The fraction of sp³-hybridized carbons (Fsp3) is 0.136. The molecule has 0 saturated carbocycles. The SMILES string of the molecule is CC(=O)c1ccc(S(=O)(=O)N(C)C2c3ccccc3-c3ccccc32)cc1. The van der Waals surface area contributed by atoms with Crippen LogP contribution in [0.4, 0.5) is 0 Å². The van der Waals surface area contributed by atoms with Gasteiger partial charge in [0, 0.05) is 12.6 Å². The molecule has 136 valence electrons. The van der Waals surface area contributed by atoms with E-state index >= 15 is 0 Å². The van der Waals surface area contributed by atoms with E-state index in [2.05, 4.69) is 0 Å². The number of hydrogen-bond acceptors (Lipinski definition) is 3. The van der Waals surface area contributed by atoms with Gasteiger partial charge in [0.05, 0.1) is 10.9 Å². The standard InChI is InChI=1S/C22H19NO3S/c1-15(24)16-11-13-17(14-12-16)27(25,26)23(2)22-20-9-5-3-7-18(20)19-8-4-6-10-21(19)22/h3-14,22H,1-2H3. The number of ketones is 1. The lowest BCUT2D eigenvalue weighted by atomic mass is 10.1. The van der Waals surface area contributed by atoms with E-state index in [-0.39, 0.29) is 16.7 Å². The van der Waals surface area contributed by atoms with Crippen LogP contribution in [0.5, 0.6) is 0 Å². The van der Waals surface area contributed by atoms with Gasteiger partial charge < -0.3 is 0 Å². The zero-order chi connectivity index (χ0) is 19.2. The van der Waals surface area contributed by atoms with Gasteiger partial charge >= 0.3 is 0 Å². The van der Waals surface area contributed by atoms with E-state index < -0.39 is 10.0 Å². The predicted octanol–water partition coefficient (Wildman–Crippen LogP) is 4.28. The van der Waals surface area contributed by atoms with Crippen molar-refractivity contribution in [3.63, 3.8) is 0 Å². The molecular weight excluding hydrogens is 358 g/mol. The normalized spacial score (nSPS) is 13.4. The molecule has 0 unspecified atom stereocenters. The van der Waals surface area contributed by atoms with Gasteiger partial charge in [0.15, 0.2) is 5.78 Å². The zero-order valence-electron chi connectivity index (χ0n) is 15.1. The summed E-state index contributed by atoms with van der Waals surface area (Å²) in [6.45, 7) is 1.46. The summed E-state index contributed by atoms with van der Waals surface area (Å²) in [5.41, 5.74) is 4.57. The van der Waals surface area contributed by atoms with Gasteiger partial charge in [-0.1, -0.05) is 60.7 Å². The highest BCUT2D eigenvalue weighted by atomic mass is 32.2. The summed E-state index contributed by atoms with van der Waals surface area (Å²) in [7, 11) is -2.12. The second kappa shape index (κ2) is 6.44. The first-order valence-corrected chi connectivity index (χ1v) is 10.1. The molecule has 0 saturated heterocycles. The molecule has 0 fully saturated rings. The minimum atomic E-state index is -3.73. The van der Waals surface area contributed by atoms with Crippen molar-refractivity contribution in [2.45, 2.75) is 17.9 Å². The number of rotatable bonds is 4. The van der Waals surface area contributed by atoms with Crippen LogP contribution in [0.15, 0.2) is 77.7 Å². The summed E-state index contributed by atoms with van der Waals surface area (Å²) < 4.78 is 27.9. The van der Waals surface area contributed by atoms with E-state index in [1.165, 1.54) is 23.4 Å². The Labute approximate surface area is 159 Å². The number of Topliss-reactive ketones (excluding diaryl/α,β-unsaturated/α-hetero) is 1. The summed E-state index contributed by atoms with van der Waals surface area (Å²) in [5, 5.41) is 0. The average Bonchev–Trinajstić information content (AvgIpc) is 3.02. The van der Waals surface area contributed by atoms with Crippen LogP contribution < -0.4 is 0 Å². The maximum atomic E-state index is 13.3. The second-order valence-electron chi connectivity index (χ2n) is 6.68. The summed E-state index contributed by atoms with van der Waals surface area (Å²) in [6.07, 6.45) is 0. The molecule has 3 aromatic rings. The third-order valence-electron chi connectivity index (χ3n) is 5.10. The third-order valence-corrected chi connectivity index (χ3v) is 6.94. The summed E-state index contributed by atoms with van der Waals surface area (Å²) in [5.74, 6) is -0.0917. The molecule has 0 aromatic heterocycles. The van der Waals surface area contributed by atoms with Crippen molar-refractivity contribution in [3.05, 3.63) is 89.5 Å². The van der Waals surface area contributed by atoms with Gasteiger partial charge in [-0.15, -0.1) is 0 Å². The number of sulfonamides is 1. The van der Waals surface area contributed by atoms with E-state index in [0.29, 0.717) is 5.56 Å². The monoisotopic (exact) mass is 377 g/mol. The predicted molar refractivity (Wildman–Crippen MR) is 105 cm³/mol. The van der Waals surface area contributed by atoms with Gasteiger partial charge in [0.2, 0.25) is 10.0 Å².